The number of carbonyl (C=O) groups excluding carboxylic acids is 1. The number of nitrogens with zero attached hydrogens (tertiary/aromatic N) is 2. The summed E-state index contributed by atoms with van der Waals surface area (Å²) in [7, 11) is 0. The highest BCUT2D eigenvalue weighted by molar-refractivity contribution is 6.05. The summed E-state index contributed by atoms with van der Waals surface area (Å²) < 4.78 is 5.14. The Morgan fingerprint density at radius 3 is 2.39 bits per heavy atom. The number of benzene rings is 1. The van der Waals surface area contributed by atoms with Gasteiger partial charge in [-0.1, -0.05) is 13.8 Å². The van der Waals surface area contributed by atoms with E-state index >= 15 is 0 Å². The number of carbonyl (C=O) groups is 1. The molecule has 4 rings (SSSR count). The lowest BCUT2D eigenvalue weighted by Crippen LogP contribution is -2.28. The Labute approximate surface area is 177 Å². The SMILES string of the molecule is Cc1cc(O)c(-c2cc(-c3ccc([N+](=O)[O-])cc3)c3c(n2)CC(C)(C)CC3=O)c(=O)o1. The molecule has 31 heavy (non-hydrogen) atoms. The average Bonchev–Trinajstić information content (AvgIpc) is 2.65. The maximum Gasteiger partial charge on any atom is 0.349 e. The van der Waals surface area contributed by atoms with E-state index in [1.807, 2.05) is 13.8 Å². The molecule has 0 saturated heterocycles. The first-order valence-corrected chi connectivity index (χ1v) is 9.72. The molecular formula is C23H20N2O6. The van der Waals surface area contributed by atoms with Crippen LogP contribution in [0.25, 0.3) is 22.4 Å². The van der Waals surface area contributed by atoms with Crippen molar-refractivity contribution < 1.29 is 19.2 Å². The number of aromatic nitrogens is 1. The van der Waals surface area contributed by atoms with Gasteiger partial charge in [0.15, 0.2) is 5.78 Å². The predicted octanol–water partition coefficient (Wildman–Crippen LogP) is 4.45. The molecule has 0 aliphatic heterocycles. The van der Waals surface area contributed by atoms with Crippen molar-refractivity contribution >= 4 is 11.5 Å². The second kappa shape index (κ2) is 7.16. The summed E-state index contributed by atoms with van der Waals surface area (Å²) in [6.45, 7) is 5.48. The zero-order valence-corrected chi connectivity index (χ0v) is 17.3. The average molecular weight is 420 g/mol. The third-order valence-corrected chi connectivity index (χ3v) is 5.36. The van der Waals surface area contributed by atoms with E-state index in [0.717, 1.165) is 0 Å². The van der Waals surface area contributed by atoms with Crippen LogP contribution in [0, 0.1) is 22.5 Å². The minimum absolute atomic E-state index is 0.0730. The zero-order chi connectivity index (χ0) is 22.5. The Kier molecular flexibility index (Phi) is 4.72. The van der Waals surface area contributed by atoms with Gasteiger partial charge in [-0.25, -0.2) is 4.79 Å². The molecule has 0 amide bonds. The fraction of sp³-hybridized carbons (Fsp3) is 0.261. The van der Waals surface area contributed by atoms with Crippen LogP contribution in [-0.2, 0) is 6.42 Å². The van der Waals surface area contributed by atoms with Gasteiger partial charge in [0, 0.05) is 30.2 Å². The fourth-order valence-electron chi connectivity index (χ4n) is 4.03. The van der Waals surface area contributed by atoms with Gasteiger partial charge in [0.05, 0.1) is 16.3 Å². The van der Waals surface area contributed by atoms with E-state index in [1.165, 1.54) is 18.2 Å². The highest BCUT2D eigenvalue weighted by atomic mass is 16.6. The number of aromatic hydroxyl groups is 1. The van der Waals surface area contributed by atoms with Crippen molar-refractivity contribution in [1.82, 2.24) is 4.98 Å². The second-order valence-electron chi connectivity index (χ2n) is 8.53. The van der Waals surface area contributed by atoms with Gasteiger partial charge in [0.25, 0.3) is 5.69 Å². The van der Waals surface area contributed by atoms with Gasteiger partial charge in [-0.3, -0.25) is 19.9 Å². The summed E-state index contributed by atoms with van der Waals surface area (Å²) in [5, 5.41) is 21.4. The van der Waals surface area contributed by atoms with Crippen LogP contribution in [0.15, 0.2) is 45.6 Å². The van der Waals surface area contributed by atoms with Crippen molar-refractivity contribution in [1.29, 1.82) is 0 Å². The number of hydrogen-bond donors (Lipinski definition) is 1. The van der Waals surface area contributed by atoms with Gasteiger partial charge in [-0.15, -0.1) is 0 Å². The number of nitro benzene ring substituents is 1. The predicted molar refractivity (Wildman–Crippen MR) is 113 cm³/mol. The molecule has 0 radical (unpaired) electrons. The van der Waals surface area contributed by atoms with Gasteiger partial charge in [0.2, 0.25) is 0 Å². The maximum atomic E-state index is 13.0. The highest BCUT2D eigenvalue weighted by Crippen LogP contribution is 2.40. The van der Waals surface area contributed by atoms with E-state index in [-0.39, 0.29) is 39.7 Å². The lowest BCUT2D eigenvalue weighted by atomic mass is 9.74. The zero-order valence-electron chi connectivity index (χ0n) is 17.3. The number of nitro groups is 1. The number of hydrogen-bond acceptors (Lipinski definition) is 7. The summed E-state index contributed by atoms with van der Waals surface area (Å²) >= 11 is 0. The first kappa shape index (κ1) is 20.5. The summed E-state index contributed by atoms with van der Waals surface area (Å²) in [5.74, 6) is -0.0906. The number of Topliss-reactive ketones (excluding diaryl/α,β-unsaturated/α-hetero) is 1. The van der Waals surface area contributed by atoms with Crippen LogP contribution < -0.4 is 5.63 Å². The molecule has 0 bridgehead atoms. The summed E-state index contributed by atoms with van der Waals surface area (Å²) in [6, 6.07) is 8.72. The van der Waals surface area contributed by atoms with Crippen molar-refractivity contribution in [2.45, 2.75) is 33.6 Å². The molecule has 1 N–H and O–H groups in total. The smallest absolute Gasteiger partial charge is 0.349 e. The Balaban J connectivity index is 2.00. The van der Waals surface area contributed by atoms with Gasteiger partial charge in [0.1, 0.15) is 17.1 Å². The van der Waals surface area contributed by atoms with Gasteiger partial charge in [-0.05, 0) is 48.1 Å². The molecule has 8 nitrogen and oxygen atoms in total. The van der Waals surface area contributed by atoms with Crippen LogP contribution in [0.3, 0.4) is 0 Å². The topological polar surface area (TPSA) is 124 Å². The number of pyridine rings is 1. The minimum Gasteiger partial charge on any atom is -0.507 e. The number of non-ortho nitro benzene ring substituents is 1. The summed E-state index contributed by atoms with van der Waals surface area (Å²) in [4.78, 5) is 40.6. The molecule has 1 aromatic carbocycles. The van der Waals surface area contributed by atoms with E-state index in [2.05, 4.69) is 4.98 Å². The molecule has 8 heteroatoms. The quantitative estimate of drug-likeness (QED) is 0.490. The Morgan fingerprint density at radius 2 is 1.77 bits per heavy atom. The summed E-state index contributed by atoms with van der Waals surface area (Å²) in [6.07, 6.45) is 0.832. The monoisotopic (exact) mass is 420 g/mol. The minimum atomic E-state index is -0.735. The Hall–Kier alpha value is -3.81. The standard InChI is InChI=1S/C23H20N2O6/c1-12-8-18(26)21(22(28)31-12)16-9-15(13-4-6-14(7-5-13)25(29)30)20-17(24-16)10-23(2,3)11-19(20)27/h4-9,26H,10-11H2,1-3H3. The molecule has 158 valence electrons. The van der Waals surface area contributed by atoms with Crippen molar-refractivity contribution in [2.24, 2.45) is 5.41 Å². The first-order valence-electron chi connectivity index (χ1n) is 9.72. The van der Waals surface area contributed by atoms with Crippen LogP contribution in [0.5, 0.6) is 5.75 Å². The van der Waals surface area contributed by atoms with Crippen LogP contribution in [-0.4, -0.2) is 20.8 Å². The Bertz CT molecular complexity index is 1290. The number of ketones is 1. The third-order valence-electron chi connectivity index (χ3n) is 5.36. The number of rotatable bonds is 3. The van der Waals surface area contributed by atoms with E-state index in [0.29, 0.717) is 35.2 Å². The van der Waals surface area contributed by atoms with E-state index < -0.39 is 10.5 Å². The maximum absolute atomic E-state index is 13.0. The largest absolute Gasteiger partial charge is 0.507 e. The fourth-order valence-corrected chi connectivity index (χ4v) is 4.03. The molecule has 0 unspecified atom stereocenters. The lowest BCUT2D eigenvalue weighted by Gasteiger charge is -2.31. The van der Waals surface area contributed by atoms with Gasteiger partial charge >= 0.3 is 5.63 Å². The molecule has 3 aromatic rings. The normalized spacial score (nSPS) is 14.9. The van der Waals surface area contributed by atoms with Gasteiger partial charge < -0.3 is 9.52 Å². The lowest BCUT2D eigenvalue weighted by molar-refractivity contribution is -0.384. The van der Waals surface area contributed by atoms with Crippen molar-refractivity contribution in [3.05, 3.63) is 74.0 Å². The molecule has 1 aliphatic rings. The van der Waals surface area contributed by atoms with Crippen LogP contribution >= 0.6 is 0 Å². The molecule has 1 aliphatic carbocycles. The van der Waals surface area contributed by atoms with Crippen molar-refractivity contribution in [3.63, 3.8) is 0 Å². The highest BCUT2D eigenvalue weighted by Gasteiger charge is 2.35. The molecule has 0 atom stereocenters. The van der Waals surface area contributed by atoms with Crippen LogP contribution in [0.2, 0.25) is 0 Å². The molecule has 0 spiro atoms. The first-order chi connectivity index (χ1) is 14.6. The van der Waals surface area contributed by atoms with E-state index in [4.69, 9.17) is 4.42 Å². The number of fused-ring (bicyclic) bond motifs is 1. The number of aryl methyl sites for hydroxylation is 1. The second-order valence-corrected chi connectivity index (χ2v) is 8.53. The molecule has 2 aromatic heterocycles. The third kappa shape index (κ3) is 3.72. The molecule has 0 saturated carbocycles. The molecule has 2 heterocycles. The van der Waals surface area contributed by atoms with Crippen LogP contribution in [0.1, 0.15) is 42.1 Å². The van der Waals surface area contributed by atoms with E-state index in [9.17, 15) is 24.8 Å². The van der Waals surface area contributed by atoms with Crippen molar-refractivity contribution in [3.8, 4) is 28.1 Å². The van der Waals surface area contributed by atoms with Crippen LogP contribution in [0.4, 0.5) is 5.69 Å². The summed E-state index contributed by atoms with van der Waals surface area (Å²) in [5.41, 5.74) is 1.01. The van der Waals surface area contributed by atoms with Gasteiger partial charge in [-0.2, -0.15) is 0 Å². The molecular weight excluding hydrogens is 400 g/mol. The molecule has 0 fully saturated rings. The Morgan fingerprint density at radius 1 is 1.10 bits per heavy atom. The van der Waals surface area contributed by atoms with Crippen molar-refractivity contribution in [2.75, 3.05) is 0 Å². The van der Waals surface area contributed by atoms with E-state index in [1.54, 1.807) is 25.1 Å².